The van der Waals surface area contributed by atoms with E-state index in [4.69, 9.17) is 0 Å². The Balaban J connectivity index is 1.68. The van der Waals surface area contributed by atoms with E-state index in [2.05, 4.69) is 54.0 Å². The molecule has 1 aromatic carbocycles. The van der Waals surface area contributed by atoms with Crippen LogP contribution in [0, 0.1) is 23.7 Å². The molecule has 0 radical (unpaired) electrons. The minimum atomic E-state index is 0.171. The van der Waals surface area contributed by atoms with Crippen LogP contribution >= 0.6 is 11.8 Å². The van der Waals surface area contributed by atoms with Crippen molar-refractivity contribution in [2.24, 2.45) is 23.7 Å². The number of nitrogens with zero attached hydrogens (tertiary/aromatic N) is 3. The Morgan fingerprint density at radius 1 is 1.00 bits per heavy atom. The number of allylic oxidation sites excluding steroid dienone is 1. The summed E-state index contributed by atoms with van der Waals surface area (Å²) in [7, 11) is 0. The molecule has 4 aliphatic carbocycles. The topological polar surface area (TPSA) is 30.7 Å². The maximum absolute atomic E-state index is 4.60. The van der Waals surface area contributed by atoms with Crippen LogP contribution in [0.4, 0.5) is 0 Å². The molecule has 4 saturated carbocycles. The summed E-state index contributed by atoms with van der Waals surface area (Å²) >= 11 is 1.99. The Kier molecular flexibility index (Phi) is 3.57. The second-order valence-corrected chi connectivity index (χ2v) is 11.1. The first kappa shape index (κ1) is 15.9. The van der Waals surface area contributed by atoms with E-state index in [-0.39, 0.29) is 4.75 Å². The van der Waals surface area contributed by atoms with Gasteiger partial charge >= 0.3 is 0 Å². The van der Waals surface area contributed by atoms with Crippen molar-refractivity contribution in [2.45, 2.75) is 57.6 Å². The first-order valence-electron chi connectivity index (χ1n) is 9.72. The van der Waals surface area contributed by atoms with Gasteiger partial charge in [0.1, 0.15) is 10.5 Å². The standard InChI is InChI=1S/C21H27N3S/c1-21(2,3)25-20(24-18-7-5-4-6-17(18)22-23-24)19-15-9-13-8-14(11-15)12-16(19)10-13/h4-7,13-16H,8-12H2,1-3H3. The molecule has 0 atom stereocenters. The van der Waals surface area contributed by atoms with Gasteiger partial charge in [0.25, 0.3) is 0 Å². The summed E-state index contributed by atoms with van der Waals surface area (Å²) in [4.78, 5) is 0. The van der Waals surface area contributed by atoms with Crippen LogP contribution in [-0.2, 0) is 0 Å². The van der Waals surface area contributed by atoms with Crippen LogP contribution in [0.25, 0.3) is 16.1 Å². The lowest BCUT2D eigenvalue weighted by atomic mass is 9.54. The molecule has 4 heteroatoms. The maximum Gasteiger partial charge on any atom is 0.113 e. The number of benzene rings is 1. The van der Waals surface area contributed by atoms with E-state index in [1.807, 2.05) is 17.8 Å². The normalized spacial score (nSPS) is 31.1. The molecule has 0 aliphatic heterocycles. The highest BCUT2D eigenvalue weighted by Gasteiger charge is 2.47. The van der Waals surface area contributed by atoms with Gasteiger partial charge in [0.05, 0.1) is 5.52 Å². The molecule has 25 heavy (non-hydrogen) atoms. The zero-order valence-corrected chi connectivity index (χ0v) is 16.2. The fourth-order valence-corrected chi connectivity index (χ4v) is 6.83. The summed E-state index contributed by atoms with van der Waals surface area (Å²) in [6.45, 7) is 6.94. The van der Waals surface area contributed by atoms with E-state index in [0.29, 0.717) is 0 Å². The molecule has 0 saturated heterocycles. The van der Waals surface area contributed by atoms with Crippen molar-refractivity contribution >= 4 is 27.8 Å². The molecule has 4 aliphatic rings. The fourth-order valence-electron chi connectivity index (χ4n) is 5.57. The van der Waals surface area contributed by atoms with Gasteiger partial charge in [-0.15, -0.1) is 16.9 Å². The number of thioether (sulfide) groups is 1. The van der Waals surface area contributed by atoms with Gasteiger partial charge in [0.15, 0.2) is 0 Å². The molecule has 1 heterocycles. The average Bonchev–Trinajstić information content (AvgIpc) is 2.95. The van der Waals surface area contributed by atoms with Crippen molar-refractivity contribution in [3.63, 3.8) is 0 Å². The Morgan fingerprint density at radius 3 is 2.28 bits per heavy atom. The van der Waals surface area contributed by atoms with E-state index < -0.39 is 0 Å². The van der Waals surface area contributed by atoms with E-state index >= 15 is 0 Å². The third kappa shape index (κ3) is 2.73. The quantitative estimate of drug-likeness (QED) is 0.705. The van der Waals surface area contributed by atoms with Gasteiger partial charge in [-0.05, 0) is 73.5 Å². The molecule has 4 bridgehead atoms. The van der Waals surface area contributed by atoms with Crippen LogP contribution in [0.5, 0.6) is 0 Å². The van der Waals surface area contributed by atoms with Crippen LogP contribution < -0.4 is 0 Å². The lowest BCUT2D eigenvalue weighted by Gasteiger charge is -2.52. The van der Waals surface area contributed by atoms with Crippen LogP contribution in [0.15, 0.2) is 29.8 Å². The summed E-state index contributed by atoms with van der Waals surface area (Å²) in [6, 6.07) is 8.38. The van der Waals surface area contributed by atoms with E-state index in [1.54, 1.807) is 5.57 Å². The van der Waals surface area contributed by atoms with E-state index in [9.17, 15) is 0 Å². The van der Waals surface area contributed by atoms with Gasteiger partial charge in [-0.1, -0.05) is 38.1 Å². The third-order valence-electron chi connectivity index (χ3n) is 6.21. The minimum absolute atomic E-state index is 0.171. The summed E-state index contributed by atoms with van der Waals surface area (Å²) in [6.07, 6.45) is 7.12. The summed E-state index contributed by atoms with van der Waals surface area (Å²) < 4.78 is 2.33. The Morgan fingerprint density at radius 2 is 1.64 bits per heavy atom. The molecule has 0 amide bonds. The monoisotopic (exact) mass is 353 g/mol. The summed E-state index contributed by atoms with van der Waals surface area (Å²) in [5, 5.41) is 10.4. The maximum atomic E-state index is 4.60. The van der Waals surface area contributed by atoms with Crippen molar-refractivity contribution in [1.29, 1.82) is 0 Å². The number of fused-ring (bicyclic) bond motifs is 1. The number of para-hydroxylation sites is 1. The molecular weight excluding hydrogens is 326 g/mol. The van der Waals surface area contributed by atoms with Crippen LogP contribution in [0.2, 0.25) is 0 Å². The van der Waals surface area contributed by atoms with Crippen molar-refractivity contribution in [3.8, 4) is 0 Å². The smallest absolute Gasteiger partial charge is 0.113 e. The third-order valence-corrected chi connectivity index (χ3v) is 7.43. The molecule has 3 nitrogen and oxygen atoms in total. The molecule has 0 N–H and O–H groups in total. The first-order valence-corrected chi connectivity index (χ1v) is 10.5. The van der Waals surface area contributed by atoms with E-state index in [0.717, 1.165) is 34.7 Å². The molecule has 2 aromatic rings. The van der Waals surface area contributed by atoms with Gasteiger partial charge in [0, 0.05) is 4.75 Å². The minimum Gasteiger partial charge on any atom is -0.206 e. The molecular formula is C21H27N3S. The molecule has 0 unspecified atom stereocenters. The van der Waals surface area contributed by atoms with E-state index in [1.165, 1.54) is 37.1 Å². The average molecular weight is 354 g/mol. The zero-order chi connectivity index (χ0) is 17.2. The SMILES string of the molecule is CC(C)(C)SC(=C1C2CC3CC(C2)CC1C3)n1nnc2ccccc21. The number of hydrogen-bond donors (Lipinski definition) is 0. The Bertz CT molecular complexity index is 812. The highest BCUT2D eigenvalue weighted by Crippen LogP contribution is 2.59. The molecule has 6 rings (SSSR count). The molecule has 132 valence electrons. The number of hydrogen-bond acceptors (Lipinski definition) is 3. The van der Waals surface area contributed by atoms with Crippen molar-refractivity contribution in [1.82, 2.24) is 15.0 Å². The van der Waals surface area contributed by atoms with Gasteiger partial charge in [0.2, 0.25) is 0 Å². The predicted octanol–water partition coefficient (Wildman–Crippen LogP) is 5.59. The lowest BCUT2D eigenvalue weighted by molar-refractivity contribution is 0.0703. The van der Waals surface area contributed by atoms with Gasteiger partial charge in [-0.25, -0.2) is 4.68 Å². The molecule has 0 spiro atoms. The Labute approximate surface area is 154 Å². The lowest BCUT2D eigenvalue weighted by Crippen LogP contribution is -2.41. The van der Waals surface area contributed by atoms with Gasteiger partial charge < -0.3 is 0 Å². The summed E-state index contributed by atoms with van der Waals surface area (Å²) in [5.41, 5.74) is 3.86. The molecule has 1 aromatic heterocycles. The van der Waals surface area contributed by atoms with Crippen LogP contribution in [-0.4, -0.2) is 19.7 Å². The number of rotatable bonds is 2. The second-order valence-electron chi connectivity index (χ2n) is 9.27. The Hall–Kier alpha value is -1.29. The van der Waals surface area contributed by atoms with Crippen molar-refractivity contribution in [2.75, 3.05) is 0 Å². The highest BCUT2D eigenvalue weighted by atomic mass is 32.2. The van der Waals surface area contributed by atoms with Crippen LogP contribution in [0.1, 0.15) is 52.9 Å². The second kappa shape index (κ2) is 5.60. The number of aromatic nitrogens is 3. The van der Waals surface area contributed by atoms with Gasteiger partial charge in [-0.2, -0.15) is 0 Å². The van der Waals surface area contributed by atoms with Crippen molar-refractivity contribution in [3.05, 3.63) is 29.8 Å². The largest absolute Gasteiger partial charge is 0.206 e. The molecule has 4 fully saturated rings. The summed E-state index contributed by atoms with van der Waals surface area (Å²) in [5.74, 6) is 3.53. The first-order chi connectivity index (χ1) is 12.0. The fraction of sp³-hybridized carbons (Fsp3) is 0.619. The predicted molar refractivity (Wildman–Crippen MR) is 105 cm³/mol. The highest BCUT2D eigenvalue weighted by molar-refractivity contribution is 8.09. The van der Waals surface area contributed by atoms with Crippen LogP contribution in [0.3, 0.4) is 0 Å². The van der Waals surface area contributed by atoms with Crippen molar-refractivity contribution < 1.29 is 0 Å². The van der Waals surface area contributed by atoms with Gasteiger partial charge in [-0.3, -0.25) is 0 Å². The zero-order valence-electron chi connectivity index (χ0n) is 15.4.